The lowest BCUT2D eigenvalue weighted by atomic mass is 9.92. The molecular weight excluding hydrogens is 464 g/mol. The van der Waals surface area contributed by atoms with E-state index in [0.29, 0.717) is 48.5 Å². The van der Waals surface area contributed by atoms with Crippen molar-refractivity contribution in [2.75, 3.05) is 13.7 Å². The van der Waals surface area contributed by atoms with Crippen LogP contribution < -0.4 is 0 Å². The van der Waals surface area contributed by atoms with Gasteiger partial charge in [-0.05, 0) is 49.2 Å². The third kappa shape index (κ3) is 3.65. The lowest BCUT2D eigenvalue weighted by molar-refractivity contribution is -0.0125. The van der Waals surface area contributed by atoms with E-state index in [9.17, 15) is 18.7 Å². The Bertz CT molecular complexity index is 1440. The number of halogens is 3. The van der Waals surface area contributed by atoms with Gasteiger partial charge in [0.15, 0.2) is 0 Å². The second kappa shape index (κ2) is 8.36. The van der Waals surface area contributed by atoms with E-state index < -0.39 is 11.9 Å². The van der Waals surface area contributed by atoms with Gasteiger partial charge >= 0.3 is 5.97 Å². The van der Waals surface area contributed by atoms with E-state index in [2.05, 4.69) is 4.57 Å². The van der Waals surface area contributed by atoms with E-state index in [1.807, 2.05) is 29.7 Å². The zero-order valence-corrected chi connectivity index (χ0v) is 19.6. The fraction of sp³-hybridized carbons (Fsp3) is 0.360. The Morgan fingerprint density at radius 1 is 1.24 bits per heavy atom. The number of aryl methyl sites for hydroxylation is 1. The normalized spacial score (nSPS) is 15.2. The van der Waals surface area contributed by atoms with Crippen LogP contribution in [0.15, 0.2) is 30.3 Å². The molecule has 178 valence electrons. The Labute approximate surface area is 199 Å². The Morgan fingerprint density at radius 3 is 2.74 bits per heavy atom. The molecule has 1 N–H and O–H groups in total. The van der Waals surface area contributed by atoms with Crippen molar-refractivity contribution in [2.45, 2.75) is 45.2 Å². The highest BCUT2D eigenvalue weighted by molar-refractivity contribution is 6.34. The van der Waals surface area contributed by atoms with Crippen LogP contribution in [0.25, 0.3) is 33.3 Å². The molecular formula is C25H24ClF2N3O3. The number of benzene rings is 2. The molecule has 1 aliphatic rings. The Hall–Kier alpha value is -2.97. The number of carbonyl (C=O) groups is 1. The average Bonchev–Trinajstić information content (AvgIpc) is 3.30. The van der Waals surface area contributed by atoms with Crippen molar-refractivity contribution in [1.29, 1.82) is 0 Å². The number of aromatic nitrogens is 3. The number of hydrogen-bond acceptors (Lipinski definition) is 3. The average molecular weight is 488 g/mol. The highest BCUT2D eigenvalue weighted by atomic mass is 35.5. The third-order valence-electron chi connectivity index (χ3n) is 6.61. The van der Waals surface area contributed by atoms with Crippen LogP contribution >= 0.6 is 11.6 Å². The number of carboxylic acids is 1. The van der Waals surface area contributed by atoms with Gasteiger partial charge in [0.25, 0.3) is 5.92 Å². The van der Waals surface area contributed by atoms with Crippen LogP contribution in [0.3, 0.4) is 0 Å². The quantitative estimate of drug-likeness (QED) is 0.373. The number of carboxylic acid groups (broad SMARTS) is 1. The molecule has 1 aliphatic carbocycles. The molecule has 34 heavy (non-hydrogen) atoms. The summed E-state index contributed by atoms with van der Waals surface area (Å²) in [6.45, 7) is 3.61. The summed E-state index contributed by atoms with van der Waals surface area (Å²) in [6, 6.07) is 8.87. The predicted octanol–water partition coefficient (Wildman–Crippen LogP) is 5.80. The molecule has 2 aromatic carbocycles. The van der Waals surface area contributed by atoms with Crippen LogP contribution in [0.2, 0.25) is 5.02 Å². The van der Waals surface area contributed by atoms with Gasteiger partial charge in [0.2, 0.25) is 0 Å². The summed E-state index contributed by atoms with van der Waals surface area (Å²) in [5.41, 5.74) is 4.53. The first-order valence-electron chi connectivity index (χ1n) is 11.2. The van der Waals surface area contributed by atoms with E-state index in [0.717, 1.165) is 22.2 Å². The second-order valence-corrected chi connectivity index (χ2v) is 9.05. The predicted molar refractivity (Wildman–Crippen MR) is 127 cm³/mol. The number of nitrogens with zero attached hydrogens (tertiary/aromatic N) is 3. The molecule has 0 spiro atoms. The summed E-state index contributed by atoms with van der Waals surface area (Å²) in [7, 11) is 1.60. The van der Waals surface area contributed by atoms with Crippen molar-refractivity contribution in [3.05, 3.63) is 52.2 Å². The summed E-state index contributed by atoms with van der Waals surface area (Å²) in [5.74, 6) is -3.24. The maximum atomic E-state index is 14.3. The highest BCUT2D eigenvalue weighted by Gasteiger charge is 2.37. The molecule has 2 aromatic heterocycles. The number of fused-ring (bicyclic) bond motifs is 4. The van der Waals surface area contributed by atoms with Crippen LogP contribution in [-0.2, 0) is 30.7 Å². The maximum Gasteiger partial charge on any atom is 0.337 e. The van der Waals surface area contributed by atoms with E-state index in [1.165, 1.54) is 6.07 Å². The van der Waals surface area contributed by atoms with Crippen molar-refractivity contribution < 1.29 is 23.4 Å². The molecule has 0 aliphatic heterocycles. The van der Waals surface area contributed by atoms with Crippen LogP contribution in [0, 0.1) is 0 Å². The Balaban J connectivity index is 1.73. The molecule has 6 nitrogen and oxygen atoms in total. The number of imidazole rings is 1. The van der Waals surface area contributed by atoms with Crippen molar-refractivity contribution in [2.24, 2.45) is 0 Å². The van der Waals surface area contributed by atoms with Crippen LogP contribution in [-0.4, -0.2) is 44.8 Å². The van der Waals surface area contributed by atoms with Crippen molar-refractivity contribution in [1.82, 2.24) is 14.1 Å². The molecule has 0 fully saturated rings. The molecule has 0 unspecified atom stereocenters. The van der Waals surface area contributed by atoms with Gasteiger partial charge in [-0.3, -0.25) is 0 Å². The van der Waals surface area contributed by atoms with Crippen molar-refractivity contribution in [3.63, 3.8) is 0 Å². The number of ether oxygens (including phenoxy) is 1. The molecule has 5 rings (SSSR count). The minimum absolute atomic E-state index is 0.0242. The van der Waals surface area contributed by atoms with Gasteiger partial charge in [0.05, 0.1) is 28.2 Å². The topological polar surface area (TPSA) is 69.3 Å². The number of rotatable bonds is 6. The molecule has 0 saturated carbocycles. The van der Waals surface area contributed by atoms with Gasteiger partial charge in [0, 0.05) is 55.2 Å². The first kappa shape index (κ1) is 22.8. The zero-order chi connectivity index (χ0) is 24.2. The van der Waals surface area contributed by atoms with E-state index in [4.69, 9.17) is 21.3 Å². The van der Waals surface area contributed by atoms with Crippen LogP contribution in [0.4, 0.5) is 8.78 Å². The molecule has 2 heterocycles. The van der Waals surface area contributed by atoms with Gasteiger partial charge < -0.3 is 19.0 Å². The fourth-order valence-corrected chi connectivity index (χ4v) is 5.29. The highest BCUT2D eigenvalue weighted by Crippen LogP contribution is 2.40. The van der Waals surface area contributed by atoms with Crippen LogP contribution in [0.5, 0.6) is 0 Å². The standard InChI is InChI=1S/C25H24ClF2N3O3/c1-3-30-20-5-4-14(10-15(20)17-13-25(27,28)7-6-21(17)30)23-29-19-11-16(24(32)33)18(26)12-22(19)31(23)8-9-34-2/h4-5,10-12H,3,6-9,13H2,1-2H3,(H,32,33). The second-order valence-electron chi connectivity index (χ2n) is 8.64. The van der Waals surface area contributed by atoms with E-state index in [-0.39, 0.29) is 23.4 Å². The largest absolute Gasteiger partial charge is 0.478 e. The summed E-state index contributed by atoms with van der Waals surface area (Å²) in [6.07, 6.45) is -0.0569. The molecule has 0 amide bonds. The van der Waals surface area contributed by atoms with Gasteiger partial charge in [-0.25, -0.2) is 18.6 Å². The SMILES string of the molecule is CCn1c2c(c3cc(-c4nc5cc(C(=O)O)c(Cl)cc5n4CCOC)ccc31)CC(F)(F)CC2. The number of hydrogen-bond donors (Lipinski definition) is 1. The minimum atomic E-state index is -2.72. The minimum Gasteiger partial charge on any atom is -0.478 e. The monoisotopic (exact) mass is 487 g/mol. The fourth-order valence-electron chi connectivity index (χ4n) is 5.05. The lowest BCUT2D eigenvalue weighted by Gasteiger charge is -2.23. The van der Waals surface area contributed by atoms with E-state index in [1.54, 1.807) is 13.2 Å². The summed E-state index contributed by atoms with van der Waals surface area (Å²) >= 11 is 6.24. The Kier molecular flexibility index (Phi) is 5.61. The zero-order valence-electron chi connectivity index (χ0n) is 18.9. The number of alkyl halides is 2. The summed E-state index contributed by atoms with van der Waals surface area (Å²) in [5, 5.41) is 10.4. The van der Waals surface area contributed by atoms with Gasteiger partial charge in [0.1, 0.15) is 5.82 Å². The number of aromatic carboxylic acids is 1. The maximum absolute atomic E-state index is 14.3. The van der Waals surface area contributed by atoms with Gasteiger partial charge in [-0.15, -0.1) is 0 Å². The van der Waals surface area contributed by atoms with E-state index >= 15 is 0 Å². The first-order chi connectivity index (χ1) is 16.2. The van der Waals surface area contributed by atoms with Crippen LogP contribution in [0.1, 0.15) is 35.0 Å². The molecule has 9 heteroatoms. The first-order valence-corrected chi connectivity index (χ1v) is 11.6. The molecule has 0 radical (unpaired) electrons. The third-order valence-corrected chi connectivity index (χ3v) is 6.92. The lowest BCUT2D eigenvalue weighted by Crippen LogP contribution is -2.26. The molecule has 4 aromatic rings. The van der Waals surface area contributed by atoms with Crippen molar-refractivity contribution >= 4 is 39.5 Å². The summed E-state index contributed by atoms with van der Waals surface area (Å²) in [4.78, 5) is 16.3. The van der Waals surface area contributed by atoms with Crippen molar-refractivity contribution in [3.8, 4) is 11.4 Å². The molecule has 0 saturated heterocycles. The van der Waals surface area contributed by atoms with Gasteiger partial charge in [-0.1, -0.05) is 11.6 Å². The molecule has 0 bridgehead atoms. The number of methoxy groups -OCH3 is 1. The van der Waals surface area contributed by atoms with Gasteiger partial charge in [-0.2, -0.15) is 0 Å². The smallest absolute Gasteiger partial charge is 0.337 e. The summed E-state index contributed by atoms with van der Waals surface area (Å²) < 4.78 is 38.0. The molecule has 0 atom stereocenters. The Morgan fingerprint density at radius 2 is 2.03 bits per heavy atom.